The fourth-order valence-electron chi connectivity index (χ4n) is 3.01. The van der Waals surface area contributed by atoms with Gasteiger partial charge in [0.15, 0.2) is 11.5 Å². The predicted molar refractivity (Wildman–Crippen MR) is 94.4 cm³/mol. The number of hydrogen-bond donors (Lipinski definition) is 1. The molecule has 0 aromatic heterocycles. The SMILES string of the molecule is COc1ccc(N2CC(C(=O)N(C)CC(C)C(=O)O)CC2=O)cc1OC. The van der Waals surface area contributed by atoms with Crippen molar-refractivity contribution in [3.05, 3.63) is 18.2 Å². The van der Waals surface area contributed by atoms with Gasteiger partial charge in [-0.15, -0.1) is 0 Å². The molecule has 0 spiro atoms. The molecule has 142 valence electrons. The number of carboxylic acid groups (broad SMARTS) is 1. The van der Waals surface area contributed by atoms with E-state index in [1.807, 2.05) is 0 Å². The van der Waals surface area contributed by atoms with Crippen molar-refractivity contribution in [2.24, 2.45) is 11.8 Å². The van der Waals surface area contributed by atoms with Crippen LogP contribution in [0.1, 0.15) is 13.3 Å². The zero-order valence-corrected chi connectivity index (χ0v) is 15.4. The van der Waals surface area contributed by atoms with E-state index in [-0.39, 0.29) is 31.3 Å². The molecule has 26 heavy (non-hydrogen) atoms. The largest absolute Gasteiger partial charge is 0.493 e. The van der Waals surface area contributed by atoms with Gasteiger partial charge in [-0.1, -0.05) is 6.92 Å². The van der Waals surface area contributed by atoms with Crippen molar-refractivity contribution < 1.29 is 29.0 Å². The Kier molecular flexibility index (Phi) is 6.07. The summed E-state index contributed by atoms with van der Waals surface area (Å²) < 4.78 is 10.4. The van der Waals surface area contributed by atoms with Crippen LogP contribution in [0.5, 0.6) is 11.5 Å². The monoisotopic (exact) mass is 364 g/mol. The van der Waals surface area contributed by atoms with Crippen LogP contribution in [0, 0.1) is 11.8 Å². The number of aliphatic carboxylic acids is 1. The second-order valence-corrected chi connectivity index (χ2v) is 6.40. The molecule has 1 saturated heterocycles. The van der Waals surface area contributed by atoms with Crippen LogP contribution in [0.25, 0.3) is 0 Å². The molecule has 1 aliphatic rings. The van der Waals surface area contributed by atoms with E-state index in [0.29, 0.717) is 17.2 Å². The summed E-state index contributed by atoms with van der Waals surface area (Å²) in [4.78, 5) is 38.8. The zero-order valence-electron chi connectivity index (χ0n) is 15.4. The van der Waals surface area contributed by atoms with E-state index < -0.39 is 17.8 Å². The molecule has 2 amide bonds. The van der Waals surface area contributed by atoms with Gasteiger partial charge in [0, 0.05) is 38.3 Å². The van der Waals surface area contributed by atoms with Crippen molar-refractivity contribution in [1.82, 2.24) is 4.90 Å². The minimum absolute atomic E-state index is 0.0962. The van der Waals surface area contributed by atoms with Crippen molar-refractivity contribution in [1.29, 1.82) is 0 Å². The molecule has 0 bridgehead atoms. The molecule has 8 nitrogen and oxygen atoms in total. The Hall–Kier alpha value is -2.77. The highest BCUT2D eigenvalue weighted by Crippen LogP contribution is 2.34. The summed E-state index contributed by atoms with van der Waals surface area (Å²) in [5.41, 5.74) is 0.629. The molecule has 2 unspecified atom stereocenters. The topological polar surface area (TPSA) is 96.4 Å². The fraction of sp³-hybridized carbons (Fsp3) is 0.500. The average molecular weight is 364 g/mol. The van der Waals surface area contributed by atoms with Crippen LogP contribution in [0.15, 0.2) is 18.2 Å². The smallest absolute Gasteiger partial charge is 0.308 e. The third-order valence-electron chi connectivity index (χ3n) is 4.50. The maximum absolute atomic E-state index is 12.6. The van der Waals surface area contributed by atoms with Crippen LogP contribution in [-0.4, -0.2) is 62.1 Å². The highest BCUT2D eigenvalue weighted by atomic mass is 16.5. The highest BCUT2D eigenvalue weighted by molar-refractivity contribution is 6.00. The van der Waals surface area contributed by atoms with E-state index in [2.05, 4.69) is 0 Å². The van der Waals surface area contributed by atoms with E-state index in [1.54, 1.807) is 37.1 Å². The van der Waals surface area contributed by atoms with Crippen molar-refractivity contribution in [3.63, 3.8) is 0 Å². The molecule has 1 aromatic carbocycles. The number of carboxylic acids is 1. The summed E-state index contributed by atoms with van der Waals surface area (Å²) in [6.07, 6.45) is 0.0962. The van der Waals surface area contributed by atoms with E-state index >= 15 is 0 Å². The van der Waals surface area contributed by atoms with Gasteiger partial charge in [0.2, 0.25) is 11.8 Å². The molecule has 8 heteroatoms. The van der Waals surface area contributed by atoms with Gasteiger partial charge < -0.3 is 24.4 Å². The number of ether oxygens (including phenoxy) is 2. The van der Waals surface area contributed by atoms with Crippen molar-refractivity contribution >= 4 is 23.5 Å². The normalized spacial score (nSPS) is 17.8. The minimum Gasteiger partial charge on any atom is -0.493 e. The van der Waals surface area contributed by atoms with E-state index in [1.165, 1.54) is 19.1 Å². The van der Waals surface area contributed by atoms with Crippen LogP contribution in [-0.2, 0) is 14.4 Å². The second-order valence-electron chi connectivity index (χ2n) is 6.40. The van der Waals surface area contributed by atoms with E-state index in [0.717, 1.165) is 0 Å². The summed E-state index contributed by atoms with van der Waals surface area (Å²) in [6, 6.07) is 5.14. The standard InChI is InChI=1S/C18H24N2O6/c1-11(18(23)24)9-19(2)17(22)12-7-16(21)20(10-12)13-5-6-14(25-3)15(8-13)26-4/h5-6,8,11-12H,7,9-10H2,1-4H3,(H,23,24). The van der Waals surface area contributed by atoms with Crippen LogP contribution in [0.2, 0.25) is 0 Å². The maximum atomic E-state index is 12.6. The number of amides is 2. The van der Waals surface area contributed by atoms with Gasteiger partial charge in [-0.05, 0) is 12.1 Å². The second kappa shape index (κ2) is 8.07. The predicted octanol–water partition coefficient (Wildman–Crippen LogP) is 1.24. The van der Waals surface area contributed by atoms with Crippen molar-refractivity contribution in [2.45, 2.75) is 13.3 Å². The van der Waals surface area contributed by atoms with Gasteiger partial charge in [0.1, 0.15) is 0 Å². The lowest BCUT2D eigenvalue weighted by Crippen LogP contribution is -2.38. The van der Waals surface area contributed by atoms with E-state index in [9.17, 15) is 14.4 Å². The summed E-state index contributed by atoms with van der Waals surface area (Å²) in [7, 11) is 4.60. The Morgan fingerprint density at radius 3 is 2.54 bits per heavy atom. The summed E-state index contributed by atoms with van der Waals surface area (Å²) >= 11 is 0. The molecule has 2 rings (SSSR count). The number of methoxy groups -OCH3 is 2. The first kappa shape index (κ1) is 19.6. The van der Waals surface area contributed by atoms with Gasteiger partial charge in [0.25, 0.3) is 0 Å². The molecule has 0 saturated carbocycles. The van der Waals surface area contributed by atoms with Crippen LogP contribution >= 0.6 is 0 Å². The van der Waals surface area contributed by atoms with Gasteiger partial charge in [-0.25, -0.2) is 0 Å². The lowest BCUT2D eigenvalue weighted by Gasteiger charge is -2.23. The molecular formula is C18H24N2O6. The molecule has 1 fully saturated rings. The molecule has 1 N–H and O–H groups in total. The van der Waals surface area contributed by atoms with Crippen LogP contribution < -0.4 is 14.4 Å². The highest BCUT2D eigenvalue weighted by Gasteiger charge is 2.37. The van der Waals surface area contributed by atoms with Gasteiger partial charge in [0.05, 0.1) is 26.1 Å². The average Bonchev–Trinajstić information content (AvgIpc) is 3.01. The number of nitrogens with zero attached hydrogens (tertiary/aromatic N) is 2. The molecule has 0 radical (unpaired) electrons. The Morgan fingerprint density at radius 1 is 1.31 bits per heavy atom. The summed E-state index contributed by atoms with van der Waals surface area (Å²) in [6.45, 7) is 1.90. The number of anilines is 1. The molecule has 2 atom stereocenters. The molecule has 1 aliphatic heterocycles. The number of rotatable bonds is 7. The van der Waals surface area contributed by atoms with Crippen molar-refractivity contribution in [2.75, 3.05) is 39.3 Å². The van der Waals surface area contributed by atoms with Crippen molar-refractivity contribution in [3.8, 4) is 11.5 Å². The number of benzene rings is 1. The third kappa shape index (κ3) is 4.07. The number of hydrogen-bond acceptors (Lipinski definition) is 5. The third-order valence-corrected chi connectivity index (χ3v) is 4.50. The lowest BCUT2D eigenvalue weighted by atomic mass is 10.1. The van der Waals surface area contributed by atoms with Crippen LogP contribution in [0.3, 0.4) is 0 Å². The quantitative estimate of drug-likeness (QED) is 0.782. The Bertz CT molecular complexity index is 705. The van der Waals surface area contributed by atoms with Gasteiger partial charge in [-0.3, -0.25) is 14.4 Å². The zero-order chi connectivity index (χ0) is 19.4. The molecule has 0 aliphatic carbocycles. The van der Waals surface area contributed by atoms with Gasteiger partial charge in [-0.2, -0.15) is 0 Å². The van der Waals surface area contributed by atoms with Gasteiger partial charge >= 0.3 is 5.97 Å². The van der Waals surface area contributed by atoms with E-state index in [4.69, 9.17) is 14.6 Å². The first-order chi connectivity index (χ1) is 12.3. The minimum atomic E-state index is -0.959. The Balaban J connectivity index is 2.10. The maximum Gasteiger partial charge on any atom is 0.308 e. The summed E-state index contributed by atoms with van der Waals surface area (Å²) in [5.74, 6) is -1.45. The fourth-order valence-corrected chi connectivity index (χ4v) is 3.01. The molecular weight excluding hydrogens is 340 g/mol. The molecule has 1 heterocycles. The lowest BCUT2D eigenvalue weighted by molar-refractivity contribution is -0.143. The summed E-state index contributed by atoms with van der Waals surface area (Å²) in [5, 5.41) is 8.98. The Labute approximate surface area is 152 Å². The van der Waals surface area contributed by atoms with Crippen LogP contribution in [0.4, 0.5) is 5.69 Å². The number of carbonyl (C=O) groups excluding carboxylic acids is 2. The Morgan fingerprint density at radius 2 is 1.96 bits per heavy atom. The first-order valence-corrected chi connectivity index (χ1v) is 8.28. The first-order valence-electron chi connectivity index (χ1n) is 8.28. The molecule has 1 aromatic rings. The number of carbonyl (C=O) groups is 3.